The second-order valence-corrected chi connectivity index (χ2v) is 4.97. The average Bonchev–Trinajstić information content (AvgIpc) is 2.17. The maximum Gasteiger partial charge on any atom is 0.235 e. The Morgan fingerprint density at radius 2 is 1.88 bits per heavy atom. The molecule has 1 unspecified atom stereocenters. The third kappa shape index (κ3) is 2.86. The molecule has 0 fully saturated rings. The summed E-state index contributed by atoms with van der Waals surface area (Å²) < 4.78 is 34.6. The summed E-state index contributed by atoms with van der Waals surface area (Å²) in [6.07, 6.45) is 0.0298. The molecule has 4 nitrogen and oxygen atoms in total. The molecule has 0 aromatic heterocycles. The van der Waals surface area contributed by atoms with Gasteiger partial charge in [-0.3, -0.25) is 4.79 Å². The van der Waals surface area contributed by atoms with E-state index in [4.69, 9.17) is 5.14 Å². The highest BCUT2D eigenvalue weighted by atomic mass is 32.2. The monoisotopic (exact) mass is 244 g/mol. The highest BCUT2D eigenvalue weighted by Gasteiger charge is 2.29. The third-order valence-electron chi connectivity index (χ3n) is 2.17. The maximum absolute atomic E-state index is 12.6. The predicted molar refractivity (Wildman–Crippen MR) is 56.8 cm³/mol. The fourth-order valence-corrected chi connectivity index (χ4v) is 2.20. The minimum absolute atomic E-state index is 0.0298. The van der Waals surface area contributed by atoms with Crippen LogP contribution in [0.4, 0.5) is 4.39 Å². The van der Waals surface area contributed by atoms with Crippen molar-refractivity contribution in [2.75, 3.05) is 0 Å². The molecule has 1 radical (unpaired) electrons. The topological polar surface area (TPSA) is 75.0 Å². The van der Waals surface area contributed by atoms with E-state index in [1.807, 2.05) is 0 Å². The lowest BCUT2D eigenvalue weighted by atomic mass is 10.1. The normalized spacial score (nSPS) is 13.4. The van der Waals surface area contributed by atoms with Crippen molar-refractivity contribution < 1.29 is 17.6 Å². The molecular formula is C10H11FNO3S. The number of sulfonamides is 1. The lowest BCUT2D eigenvalue weighted by Crippen LogP contribution is -2.30. The van der Waals surface area contributed by atoms with E-state index in [0.29, 0.717) is 0 Å². The van der Waals surface area contributed by atoms with Crippen LogP contribution < -0.4 is 5.14 Å². The van der Waals surface area contributed by atoms with Crippen LogP contribution in [0, 0.1) is 5.82 Å². The van der Waals surface area contributed by atoms with Gasteiger partial charge in [0.05, 0.1) is 0 Å². The SMILES string of the molecule is CCC(C(=O)c1ccc(F)cc1)S([NH])(=O)=O. The van der Waals surface area contributed by atoms with E-state index in [1.165, 1.54) is 19.1 Å². The Labute approximate surface area is 93.3 Å². The third-order valence-corrected chi connectivity index (χ3v) is 3.46. The first-order chi connectivity index (χ1) is 7.36. The Morgan fingerprint density at radius 1 is 1.38 bits per heavy atom. The summed E-state index contributed by atoms with van der Waals surface area (Å²) in [5.41, 5.74) is 0.101. The summed E-state index contributed by atoms with van der Waals surface area (Å²) in [4.78, 5) is 11.7. The van der Waals surface area contributed by atoms with Gasteiger partial charge in [0, 0.05) is 5.56 Å². The molecule has 0 aliphatic carbocycles. The molecule has 6 heteroatoms. The van der Waals surface area contributed by atoms with E-state index in [1.54, 1.807) is 0 Å². The van der Waals surface area contributed by atoms with Crippen LogP contribution in [0.3, 0.4) is 0 Å². The van der Waals surface area contributed by atoms with Gasteiger partial charge in [-0.05, 0) is 30.7 Å². The fourth-order valence-electron chi connectivity index (χ4n) is 1.35. The van der Waals surface area contributed by atoms with Crippen molar-refractivity contribution in [3.8, 4) is 0 Å². The van der Waals surface area contributed by atoms with Gasteiger partial charge in [0.25, 0.3) is 0 Å². The number of hydrogen-bond acceptors (Lipinski definition) is 3. The first-order valence-corrected chi connectivity index (χ1v) is 6.19. The van der Waals surface area contributed by atoms with Crippen LogP contribution >= 0.6 is 0 Å². The molecule has 1 aromatic carbocycles. The van der Waals surface area contributed by atoms with Crippen LogP contribution in [0.25, 0.3) is 0 Å². The van der Waals surface area contributed by atoms with E-state index >= 15 is 0 Å². The first-order valence-electron chi connectivity index (χ1n) is 4.64. The zero-order chi connectivity index (χ0) is 12.3. The molecule has 0 bridgehead atoms. The molecule has 1 atom stereocenters. The number of benzene rings is 1. The maximum atomic E-state index is 12.6. The van der Waals surface area contributed by atoms with Gasteiger partial charge in [0.15, 0.2) is 5.78 Å². The molecule has 16 heavy (non-hydrogen) atoms. The molecule has 0 saturated carbocycles. The van der Waals surface area contributed by atoms with E-state index in [9.17, 15) is 17.6 Å². The van der Waals surface area contributed by atoms with Gasteiger partial charge in [-0.2, -0.15) is 0 Å². The van der Waals surface area contributed by atoms with Crippen molar-refractivity contribution in [1.29, 1.82) is 0 Å². The molecule has 87 valence electrons. The van der Waals surface area contributed by atoms with Gasteiger partial charge in [-0.1, -0.05) is 6.92 Å². The molecule has 0 amide bonds. The largest absolute Gasteiger partial charge is 0.293 e. The van der Waals surface area contributed by atoms with E-state index in [2.05, 4.69) is 0 Å². The minimum atomic E-state index is -4.17. The number of ketones is 1. The van der Waals surface area contributed by atoms with Crippen LogP contribution in [-0.2, 0) is 10.0 Å². The molecule has 0 saturated heterocycles. The summed E-state index contributed by atoms with van der Waals surface area (Å²) >= 11 is 0. The van der Waals surface area contributed by atoms with Crippen molar-refractivity contribution in [3.63, 3.8) is 0 Å². The van der Waals surface area contributed by atoms with E-state index in [0.717, 1.165) is 12.1 Å². The van der Waals surface area contributed by atoms with Gasteiger partial charge in [0.1, 0.15) is 11.1 Å². The molecule has 1 N–H and O–H groups in total. The number of hydrogen-bond donors (Lipinski definition) is 0. The number of carbonyl (C=O) groups is 1. The number of rotatable bonds is 4. The van der Waals surface area contributed by atoms with Crippen molar-refractivity contribution in [2.24, 2.45) is 0 Å². The highest BCUT2D eigenvalue weighted by molar-refractivity contribution is 7.90. The van der Waals surface area contributed by atoms with Crippen LogP contribution in [0.5, 0.6) is 0 Å². The molecule has 0 heterocycles. The van der Waals surface area contributed by atoms with Gasteiger partial charge >= 0.3 is 0 Å². The van der Waals surface area contributed by atoms with Gasteiger partial charge in [-0.25, -0.2) is 12.8 Å². The quantitative estimate of drug-likeness (QED) is 0.751. The second kappa shape index (κ2) is 4.71. The number of halogens is 1. The van der Waals surface area contributed by atoms with E-state index in [-0.39, 0.29) is 12.0 Å². The molecule has 1 aromatic rings. The molecular weight excluding hydrogens is 233 g/mol. The van der Waals surface area contributed by atoms with Gasteiger partial charge in [0.2, 0.25) is 10.0 Å². The number of carbonyl (C=O) groups excluding carboxylic acids is 1. The first kappa shape index (κ1) is 12.8. The summed E-state index contributed by atoms with van der Waals surface area (Å²) in [5.74, 6) is -1.17. The van der Waals surface area contributed by atoms with Crippen molar-refractivity contribution >= 4 is 15.8 Å². The number of Topliss-reactive ketones (excluding diaryl/α,β-unsaturated/α-hetero) is 1. The average molecular weight is 244 g/mol. The summed E-state index contributed by atoms with van der Waals surface area (Å²) in [5, 5.41) is 5.51. The molecule has 1 rings (SSSR count). The lowest BCUT2D eigenvalue weighted by Gasteiger charge is -2.10. The standard InChI is InChI=1S/C10H11FNO3S/c1-2-9(16(12,14)15)10(13)7-3-5-8(11)6-4-7/h3-6,9,12H,2H2,1H3. The minimum Gasteiger partial charge on any atom is -0.293 e. The Hall–Kier alpha value is -1.27. The molecule has 0 aliphatic rings. The summed E-state index contributed by atoms with van der Waals surface area (Å²) in [6, 6.07) is 4.59. The summed E-state index contributed by atoms with van der Waals surface area (Å²) in [7, 11) is -4.17. The Balaban J connectivity index is 3.06. The lowest BCUT2D eigenvalue weighted by molar-refractivity contribution is 0.0985. The zero-order valence-corrected chi connectivity index (χ0v) is 9.42. The van der Waals surface area contributed by atoms with Crippen molar-refractivity contribution in [2.45, 2.75) is 18.6 Å². The zero-order valence-electron chi connectivity index (χ0n) is 8.60. The number of nitrogens with one attached hydrogen (secondary N) is 1. The van der Waals surface area contributed by atoms with Crippen molar-refractivity contribution in [3.05, 3.63) is 35.6 Å². The molecule has 0 spiro atoms. The van der Waals surface area contributed by atoms with Gasteiger partial charge < -0.3 is 0 Å². The Bertz CT molecular complexity index is 481. The Morgan fingerprint density at radius 3 is 2.25 bits per heavy atom. The van der Waals surface area contributed by atoms with Crippen LogP contribution in [0.1, 0.15) is 23.7 Å². The second-order valence-electron chi connectivity index (χ2n) is 3.31. The summed E-state index contributed by atoms with van der Waals surface area (Å²) in [6.45, 7) is 1.51. The van der Waals surface area contributed by atoms with Crippen molar-refractivity contribution in [1.82, 2.24) is 5.14 Å². The molecule has 0 aliphatic heterocycles. The van der Waals surface area contributed by atoms with E-state index < -0.39 is 26.9 Å². The fraction of sp³-hybridized carbons (Fsp3) is 0.300. The smallest absolute Gasteiger partial charge is 0.235 e. The van der Waals surface area contributed by atoms with Crippen LogP contribution in [0.2, 0.25) is 0 Å². The Kier molecular flexibility index (Phi) is 3.77. The van der Waals surface area contributed by atoms with Crippen LogP contribution in [0.15, 0.2) is 24.3 Å². The highest BCUT2D eigenvalue weighted by Crippen LogP contribution is 2.13. The van der Waals surface area contributed by atoms with Crippen LogP contribution in [-0.4, -0.2) is 19.5 Å². The van der Waals surface area contributed by atoms with Gasteiger partial charge in [-0.15, -0.1) is 5.14 Å². The predicted octanol–water partition coefficient (Wildman–Crippen LogP) is 1.40.